The molecule has 1 fully saturated rings. The Bertz CT molecular complexity index is 856. The lowest BCUT2D eigenvalue weighted by atomic mass is 9.80. The number of likely N-dealkylation sites (N-methyl/N-ethyl adjacent to an activating group) is 1. The summed E-state index contributed by atoms with van der Waals surface area (Å²) in [6, 6.07) is -0.143. The fourth-order valence-corrected chi connectivity index (χ4v) is 5.89. The van der Waals surface area contributed by atoms with Crippen molar-refractivity contribution < 1.29 is 34.0 Å². The summed E-state index contributed by atoms with van der Waals surface area (Å²) < 4.78 is 18.4. The second kappa shape index (κ2) is 15.4. The van der Waals surface area contributed by atoms with Crippen molar-refractivity contribution in [3.63, 3.8) is 0 Å². The molecular formula is C31H53NO7. The summed E-state index contributed by atoms with van der Waals surface area (Å²) in [5.41, 5.74) is 0.930. The van der Waals surface area contributed by atoms with E-state index in [1.54, 1.807) is 6.08 Å². The van der Waals surface area contributed by atoms with Gasteiger partial charge in [0.2, 0.25) is 0 Å². The zero-order chi connectivity index (χ0) is 29.4. The molecule has 0 aromatic heterocycles. The Morgan fingerprint density at radius 1 is 1.03 bits per heavy atom. The lowest BCUT2D eigenvalue weighted by Crippen LogP contribution is -2.56. The monoisotopic (exact) mass is 551 g/mol. The molecule has 39 heavy (non-hydrogen) atoms. The van der Waals surface area contributed by atoms with E-state index in [4.69, 9.17) is 14.2 Å². The molecule has 0 aromatic carbocycles. The molecule has 11 atom stereocenters. The van der Waals surface area contributed by atoms with Crippen molar-refractivity contribution >= 4 is 11.8 Å². The largest absolute Gasteiger partial charge is 0.462 e. The van der Waals surface area contributed by atoms with E-state index in [9.17, 15) is 19.8 Å². The minimum atomic E-state index is -1.02. The maximum absolute atomic E-state index is 13.1. The SMILES string of the molecule is CC[C@H]1C[C@@H](C)C(=O)/C=C/C(C)=C/[C@H](C)[C@@H](CC)OC(=O)C[C@@H](O)[C@H](C)[C@H]1O[C@@H]1O[C@H](C)C[C@H](N(C)C)[C@H]1O. The lowest BCUT2D eigenvalue weighted by molar-refractivity contribution is -0.283. The van der Waals surface area contributed by atoms with E-state index in [1.165, 1.54) is 0 Å². The summed E-state index contributed by atoms with van der Waals surface area (Å²) in [7, 11) is 3.84. The van der Waals surface area contributed by atoms with Crippen molar-refractivity contribution in [3.8, 4) is 0 Å². The predicted molar refractivity (Wildman–Crippen MR) is 152 cm³/mol. The Hall–Kier alpha value is -1.58. The van der Waals surface area contributed by atoms with Gasteiger partial charge >= 0.3 is 5.97 Å². The Morgan fingerprint density at radius 3 is 2.28 bits per heavy atom. The smallest absolute Gasteiger partial charge is 0.308 e. The highest BCUT2D eigenvalue weighted by atomic mass is 16.7. The molecule has 2 heterocycles. The van der Waals surface area contributed by atoms with E-state index in [0.29, 0.717) is 25.7 Å². The summed E-state index contributed by atoms with van der Waals surface area (Å²) in [6.07, 6.45) is 4.02. The average Bonchev–Trinajstić information content (AvgIpc) is 2.87. The van der Waals surface area contributed by atoms with Gasteiger partial charge in [0.25, 0.3) is 0 Å². The van der Waals surface area contributed by atoms with Gasteiger partial charge in [0.05, 0.1) is 24.7 Å². The molecule has 0 spiro atoms. The van der Waals surface area contributed by atoms with Gasteiger partial charge in [0, 0.05) is 23.8 Å². The van der Waals surface area contributed by atoms with Gasteiger partial charge < -0.3 is 29.3 Å². The van der Waals surface area contributed by atoms with E-state index in [2.05, 4.69) is 0 Å². The number of aliphatic hydroxyl groups excluding tert-OH is 2. The zero-order valence-electron chi connectivity index (χ0n) is 25.5. The normalized spacial score (nSPS) is 42.1. The Balaban J connectivity index is 2.43. The number of hydrogen-bond donors (Lipinski definition) is 2. The van der Waals surface area contributed by atoms with Crippen molar-refractivity contribution in [1.82, 2.24) is 4.90 Å². The van der Waals surface area contributed by atoms with Crippen molar-refractivity contribution in [3.05, 3.63) is 23.8 Å². The number of ketones is 1. The highest BCUT2D eigenvalue weighted by Gasteiger charge is 2.43. The second-order valence-corrected chi connectivity index (χ2v) is 12.1. The molecule has 0 amide bonds. The molecule has 0 aromatic rings. The van der Waals surface area contributed by atoms with E-state index >= 15 is 0 Å². The molecule has 0 radical (unpaired) electrons. The van der Waals surface area contributed by atoms with Crippen LogP contribution in [-0.2, 0) is 23.8 Å². The van der Waals surface area contributed by atoms with E-state index in [0.717, 1.165) is 5.57 Å². The van der Waals surface area contributed by atoms with Gasteiger partial charge in [-0.3, -0.25) is 9.59 Å². The molecule has 0 saturated carbocycles. The number of ether oxygens (including phenoxy) is 3. The maximum Gasteiger partial charge on any atom is 0.308 e. The van der Waals surface area contributed by atoms with Crippen LogP contribution < -0.4 is 0 Å². The summed E-state index contributed by atoms with van der Waals surface area (Å²) in [5.74, 6) is -1.32. The number of aliphatic hydroxyl groups is 2. The molecule has 0 unspecified atom stereocenters. The first-order valence-corrected chi connectivity index (χ1v) is 14.7. The van der Waals surface area contributed by atoms with Gasteiger partial charge in [-0.15, -0.1) is 0 Å². The van der Waals surface area contributed by atoms with Crippen molar-refractivity contribution in [2.24, 2.45) is 23.7 Å². The Kier molecular flexibility index (Phi) is 13.3. The third-order valence-electron chi connectivity index (χ3n) is 8.51. The third kappa shape index (κ3) is 9.49. The number of nitrogens with zero attached hydrogens (tertiary/aromatic N) is 1. The quantitative estimate of drug-likeness (QED) is 0.488. The first-order chi connectivity index (χ1) is 18.3. The van der Waals surface area contributed by atoms with Crippen LogP contribution in [0.2, 0.25) is 0 Å². The number of rotatable bonds is 5. The van der Waals surface area contributed by atoms with Crippen LogP contribution in [0.4, 0.5) is 0 Å². The van der Waals surface area contributed by atoms with Crippen LogP contribution in [0.25, 0.3) is 0 Å². The van der Waals surface area contributed by atoms with Crippen LogP contribution in [0, 0.1) is 23.7 Å². The fourth-order valence-electron chi connectivity index (χ4n) is 5.89. The van der Waals surface area contributed by atoms with Gasteiger partial charge in [0.15, 0.2) is 12.1 Å². The summed E-state index contributed by atoms with van der Waals surface area (Å²) in [4.78, 5) is 28.0. The van der Waals surface area contributed by atoms with Gasteiger partial charge in [-0.25, -0.2) is 0 Å². The molecule has 1 saturated heterocycles. The number of carbonyl (C=O) groups excluding carboxylic acids is 2. The molecule has 224 valence electrons. The minimum Gasteiger partial charge on any atom is -0.462 e. The highest BCUT2D eigenvalue weighted by Crippen LogP contribution is 2.34. The van der Waals surface area contributed by atoms with Gasteiger partial charge in [0.1, 0.15) is 12.2 Å². The number of allylic oxidation sites excluding steroid dienone is 3. The number of esters is 1. The van der Waals surface area contributed by atoms with Crippen LogP contribution in [-0.4, -0.2) is 83.8 Å². The van der Waals surface area contributed by atoms with E-state index < -0.39 is 36.5 Å². The van der Waals surface area contributed by atoms with Crippen LogP contribution in [0.1, 0.15) is 80.6 Å². The highest BCUT2D eigenvalue weighted by molar-refractivity contribution is 5.91. The van der Waals surface area contributed by atoms with Crippen LogP contribution >= 0.6 is 0 Å². The zero-order valence-corrected chi connectivity index (χ0v) is 25.5. The van der Waals surface area contributed by atoms with E-state index in [-0.39, 0.29) is 48.2 Å². The molecule has 2 N–H and O–H groups in total. The van der Waals surface area contributed by atoms with E-state index in [1.807, 2.05) is 79.6 Å². The van der Waals surface area contributed by atoms with Crippen LogP contribution in [0.5, 0.6) is 0 Å². The van der Waals surface area contributed by atoms with Gasteiger partial charge in [-0.1, -0.05) is 58.8 Å². The first-order valence-electron chi connectivity index (χ1n) is 14.7. The molecule has 2 rings (SSSR count). The molecular weight excluding hydrogens is 498 g/mol. The lowest BCUT2D eigenvalue weighted by Gasteiger charge is -2.44. The second-order valence-electron chi connectivity index (χ2n) is 12.1. The Morgan fingerprint density at radius 2 is 1.69 bits per heavy atom. The number of hydrogen-bond acceptors (Lipinski definition) is 8. The van der Waals surface area contributed by atoms with Crippen LogP contribution in [0.15, 0.2) is 23.8 Å². The van der Waals surface area contributed by atoms with Crippen molar-refractivity contribution in [2.75, 3.05) is 14.1 Å². The summed E-state index contributed by atoms with van der Waals surface area (Å²) >= 11 is 0. The van der Waals surface area contributed by atoms with Gasteiger partial charge in [-0.05, 0) is 59.2 Å². The molecule has 0 bridgehead atoms. The molecule has 2 aliphatic rings. The molecule has 0 aliphatic carbocycles. The van der Waals surface area contributed by atoms with Gasteiger partial charge in [-0.2, -0.15) is 0 Å². The molecule has 8 heteroatoms. The van der Waals surface area contributed by atoms with Crippen molar-refractivity contribution in [1.29, 1.82) is 0 Å². The summed E-state index contributed by atoms with van der Waals surface area (Å²) in [6.45, 7) is 13.6. The Labute approximate surface area is 235 Å². The number of cyclic esters (lactones) is 1. The fraction of sp³-hybridized carbons (Fsp3) is 0.806. The van der Waals surface area contributed by atoms with Crippen molar-refractivity contribution in [2.45, 2.75) is 123 Å². The first kappa shape index (κ1) is 33.6. The predicted octanol–water partition coefficient (Wildman–Crippen LogP) is 4.28. The summed E-state index contributed by atoms with van der Waals surface area (Å²) in [5, 5.41) is 22.4. The van der Waals surface area contributed by atoms with Crippen LogP contribution in [0.3, 0.4) is 0 Å². The average molecular weight is 552 g/mol. The molecule has 8 nitrogen and oxygen atoms in total. The minimum absolute atomic E-state index is 0.0293. The standard InChI is InChI=1S/C31H53NO7/c1-10-23-15-19(4)25(33)13-12-18(3)14-20(5)27(11-2)38-28(35)17-26(34)22(7)30(23)39-31-29(36)24(32(8)9)16-21(6)37-31/h12-14,19-24,26-27,29-31,34,36H,10-11,15-17H2,1-9H3/b13-12+,18-14+/t19-,20+,21-,22+,23+,24+,26-,27-,29-,30-,31+/m1/s1. The topological polar surface area (TPSA) is 106 Å². The number of carbonyl (C=O) groups is 2. The molecule has 2 aliphatic heterocycles. The maximum atomic E-state index is 13.1. The third-order valence-corrected chi connectivity index (χ3v) is 8.51.